The fraction of sp³-hybridized carbons (Fsp3) is 0.375. The van der Waals surface area contributed by atoms with E-state index in [9.17, 15) is 4.79 Å². The minimum absolute atomic E-state index is 0.204. The Morgan fingerprint density at radius 1 is 1.35 bits per heavy atom. The molecular weight excluding hydrogens is 316 g/mol. The lowest BCUT2D eigenvalue weighted by atomic mass is 9.92. The van der Waals surface area contributed by atoms with Crippen LogP contribution < -0.4 is 20.1 Å². The highest BCUT2D eigenvalue weighted by Crippen LogP contribution is 2.39. The number of nitrogens with one attached hydrogen (secondary N) is 2. The van der Waals surface area contributed by atoms with Crippen molar-refractivity contribution < 1.29 is 19.0 Å². The Kier molecular flexibility index (Phi) is 4.12. The summed E-state index contributed by atoms with van der Waals surface area (Å²) in [6.45, 7) is 6.07. The number of carbonyl (C=O) groups excluding carboxylic acids is 1. The maximum atomic E-state index is 12.4. The van der Waals surface area contributed by atoms with Crippen molar-refractivity contribution in [2.45, 2.75) is 26.8 Å². The van der Waals surface area contributed by atoms with Crippen LogP contribution in [-0.4, -0.2) is 24.5 Å². The van der Waals surface area contributed by atoms with Gasteiger partial charge in [0, 0.05) is 5.70 Å². The van der Waals surface area contributed by atoms with Crippen molar-refractivity contribution in [1.82, 2.24) is 10.6 Å². The monoisotopic (exact) mass is 334 g/mol. The summed E-state index contributed by atoms with van der Waals surface area (Å²) in [4.78, 5) is 12.4. The molecular formula is C16H18N2O4S. The van der Waals surface area contributed by atoms with Gasteiger partial charge in [-0.1, -0.05) is 0 Å². The summed E-state index contributed by atoms with van der Waals surface area (Å²) in [5.74, 6) is 1.01. The van der Waals surface area contributed by atoms with Gasteiger partial charge in [-0.15, -0.1) is 0 Å². The molecule has 0 aromatic heterocycles. The van der Waals surface area contributed by atoms with Crippen LogP contribution in [0.2, 0.25) is 0 Å². The minimum Gasteiger partial charge on any atom is -0.463 e. The summed E-state index contributed by atoms with van der Waals surface area (Å²) in [5, 5.41) is 6.60. The van der Waals surface area contributed by atoms with Crippen LogP contribution in [0.1, 0.15) is 31.0 Å². The van der Waals surface area contributed by atoms with Crippen LogP contribution in [0.5, 0.6) is 11.5 Å². The average Bonchev–Trinajstić information content (AvgIpc) is 2.92. The van der Waals surface area contributed by atoms with Gasteiger partial charge in [-0.05, 0) is 56.2 Å². The lowest BCUT2D eigenvalue weighted by molar-refractivity contribution is -0.139. The molecule has 0 spiro atoms. The molecule has 0 saturated carbocycles. The minimum atomic E-state index is -0.391. The van der Waals surface area contributed by atoms with E-state index in [-0.39, 0.29) is 12.8 Å². The zero-order chi connectivity index (χ0) is 16.6. The number of carbonyl (C=O) groups is 1. The average molecular weight is 334 g/mol. The Balaban J connectivity index is 2.07. The second-order valence-electron chi connectivity index (χ2n) is 5.35. The molecule has 6 nitrogen and oxygen atoms in total. The molecule has 2 aliphatic heterocycles. The predicted octanol–water partition coefficient (Wildman–Crippen LogP) is 2.08. The van der Waals surface area contributed by atoms with Gasteiger partial charge >= 0.3 is 5.97 Å². The largest absolute Gasteiger partial charge is 0.463 e. The summed E-state index contributed by atoms with van der Waals surface area (Å²) < 4.78 is 16.0. The molecule has 1 unspecified atom stereocenters. The van der Waals surface area contributed by atoms with Gasteiger partial charge < -0.3 is 24.8 Å². The molecule has 7 heteroatoms. The molecule has 23 heavy (non-hydrogen) atoms. The van der Waals surface area contributed by atoms with Gasteiger partial charge in [0.25, 0.3) is 0 Å². The number of rotatable bonds is 3. The highest BCUT2D eigenvalue weighted by atomic mass is 32.1. The van der Waals surface area contributed by atoms with Crippen molar-refractivity contribution in [3.8, 4) is 11.5 Å². The summed E-state index contributed by atoms with van der Waals surface area (Å²) >= 11 is 5.24. The molecule has 2 N–H and O–H groups in total. The van der Waals surface area contributed by atoms with Gasteiger partial charge in [0.15, 0.2) is 16.6 Å². The number of benzene rings is 1. The number of fused-ring (bicyclic) bond motifs is 1. The first-order valence-corrected chi connectivity index (χ1v) is 7.77. The van der Waals surface area contributed by atoms with Crippen LogP contribution in [-0.2, 0) is 9.53 Å². The summed E-state index contributed by atoms with van der Waals surface area (Å²) in [6, 6.07) is 3.40. The Bertz CT molecular complexity index is 714. The summed E-state index contributed by atoms with van der Waals surface area (Å²) in [6.07, 6.45) is 0. The molecule has 0 fully saturated rings. The first-order chi connectivity index (χ1) is 11.0. The molecule has 0 bridgehead atoms. The van der Waals surface area contributed by atoms with Crippen LogP contribution in [0.15, 0.2) is 23.4 Å². The normalized spacial score (nSPS) is 19.3. The van der Waals surface area contributed by atoms with Crippen molar-refractivity contribution in [2.75, 3.05) is 13.4 Å². The Morgan fingerprint density at radius 2 is 2.04 bits per heavy atom. The lowest BCUT2D eigenvalue weighted by Crippen LogP contribution is -2.45. The Hall–Kier alpha value is -2.28. The molecule has 0 aliphatic carbocycles. The third kappa shape index (κ3) is 2.84. The van der Waals surface area contributed by atoms with Crippen molar-refractivity contribution >= 4 is 23.3 Å². The Morgan fingerprint density at radius 3 is 2.74 bits per heavy atom. The zero-order valence-corrected chi connectivity index (χ0v) is 14.0. The third-order valence-corrected chi connectivity index (χ3v) is 4.06. The standard InChI is InChI=1S/C16H18N2O4S/c1-4-20-15(19)13-9(3)17-16(23)18-14(13)10-6-12-11(5-8(10)2)21-7-22-12/h5-6,14H,4,7H2,1-3H3,(H2,17,18,23). The van der Waals surface area contributed by atoms with Gasteiger partial charge in [0.2, 0.25) is 6.79 Å². The molecule has 1 atom stereocenters. The number of esters is 1. The van der Waals surface area contributed by atoms with E-state index in [4.69, 9.17) is 26.4 Å². The second kappa shape index (κ2) is 6.08. The number of thiocarbonyl (C=S) groups is 1. The molecule has 2 aliphatic rings. The smallest absolute Gasteiger partial charge is 0.338 e. The highest BCUT2D eigenvalue weighted by Gasteiger charge is 2.33. The fourth-order valence-electron chi connectivity index (χ4n) is 2.78. The topological polar surface area (TPSA) is 68.8 Å². The summed E-state index contributed by atoms with van der Waals surface area (Å²) in [5.41, 5.74) is 3.09. The van der Waals surface area contributed by atoms with Crippen LogP contribution in [0.25, 0.3) is 0 Å². The molecule has 0 amide bonds. The molecule has 0 radical (unpaired) electrons. The van der Waals surface area contributed by atoms with E-state index in [2.05, 4.69) is 10.6 Å². The van der Waals surface area contributed by atoms with Crippen LogP contribution >= 0.6 is 12.2 Å². The summed E-state index contributed by atoms with van der Waals surface area (Å²) in [7, 11) is 0. The SMILES string of the molecule is CCOC(=O)C1=C(C)NC(=S)NC1c1cc2c(cc1C)OCO2. The Labute approximate surface area is 139 Å². The van der Waals surface area contributed by atoms with E-state index in [1.165, 1.54) is 0 Å². The van der Waals surface area contributed by atoms with Gasteiger partial charge in [0.1, 0.15) is 0 Å². The fourth-order valence-corrected chi connectivity index (χ4v) is 3.05. The maximum absolute atomic E-state index is 12.4. The van der Waals surface area contributed by atoms with Gasteiger partial charge in [0.05, 0.1) is 18.2 Å². The first-order valence-electron chi connectivity index (χ1n) is 7.36. The van der Waals surface area contributed by atoms with Gasteiger partial charge in [-0.2, -0.15) is 0 Å². The van der Waals surface area contributed by atoms with Crippen LogP contribution in [0, 0.1) is 6.92 Å². The molecule has 122 valence electrons. The molecule has 1 aromatic rings. The van der Waals surface area contributed by atoms with Crippen molar-refractivity contribution in [3.63, 3.8) is 0 Å². The third-order valence-electron chi connectivity index (χ3n) is 3.84. The van der Waals surface area contributed by atoms with Gasteiger partial charge in [-0.3, -0.25) is 0 Å². The maximum Gasteiger partial charge on any atom is 0.338 e. The number of allylic oxidation sites excluding steroid dienone is 1. The van der Waals surface area contributed by atoms with Crippen LogP contribution in [0.3, 0.4) is 0 Å². The van der Waals surface area contributed by atoms with E-state index in [0.29, 0.717) is 34.5 Å². The van der Waals surface area contributed by atoms with Crippen molar-refractivity contribution in [3.05, 3.63) is 34.5 Å². The second-order valence-corrected chi connectivity index (χ2v) is 5.76. The van der Waals surface area contributed by atoms with Crippen molar-refractivity contribution in [2.24, 2.45) is 0 Å². The van der Waals surface area contributed by atoms with E-state index < -0.39 is 6.04 Å². The first kappa shape index (κ1) is 15.6. The van der Waals surface area contributed by atoms with Crippen molar-refractivity contribution in [1.29, 1.82) is 0 Å². The van der Waals surface area contributed by atoms with Crippen LogP contribution in [0.4, 0.5) is 0 Å². The predicted molar refractivity (Wildman–Crippen MR) is 88.2 cm³/mol. The lowest BCUT2D eigenvalue weighted by Gasteiger charge is -2.30. The van der Waals surface area contributed by atoms with Gasteiger partial charge in [-0.25, -0.2) is 4.79 Å². The molecule has 0 saturated heterocycles. The number of ether oxygens (including phenoxy) is 3. The molecule has 2 heterocycles. The number of aryl methyl sites for hydroxylation is 1. The number of hydrogen-bond acceptors (Lipinski definition) is 5. The zero-order valence-electron chi connectivity index (χ0n) is 13.2. The highest BCUT2D eigenvalue weighted by molar-refractivity contribution is 7.80. The van der Waals surface area contributed by atoms with E-state index in [0.717, 1.165) is 11.1 Å². The van der Waals surface area contributed by atoms with E-state index in [1.54, 1.807) is 6.92 Å². The van der Waals surface area contributed by atoms with E-state index >= 15 is 0 Å². The molecule has 1 aromatic carbocycles. The number of hydrogen-bond donors (Lipinski definition) is 2. The van der Waals surface area contributed by atoms with E-state index in [1.807, 2.05) is 26.0 Å². The molecule has 3 rings (SSSR count). The quantitative estimate of drug-likeness (QED) is 0.648.